The van der Waals surface area contributed by atoms with Crippen molar-refractivity contribution < 1.29 is 28.3 Å². The maximum Gasteiger partial charge on any atom is 0.494 e. The summed E-state index contributed by atoms with van der Waals surface area (Å²) in [6.45, 7) is 7.97. The summed E-state index contributed by atoms with van der Waals surface area (Å²) in [6.07, 6.45) is 0. The molecule has 0 spiro atoms. The van der Waals surface area contributed by atoms with E-state index in [1.165, 1.54) is 7.11 Å². The Morgan fingerprint density at radius 3 is 2.36 bits per heavy atom. The molecule has 0 saturated carbocycles. The number of hydrogen-bond acceptors (Lipinski definition) is 6. The number of benzene rings is 1. The van der Waals surface area contributed by atoms with Crippen LogP contribution in [0, 0.1) is 0 Å². The Morgan fingerprint density at radius 2 is 1.77 bits per heavy atom. The Bertz CT molecular complexity index is 609. The van der Waals surface area contributed by atoms with Crippen molar-refractivity contribution in [2.75, 3.05) is 13.9 Å². The normalized spacial score (nSPS) is 21.0. The fourth-order valence-corrected chi connectivity index (χ4v) is 2.41. The number of methoxy groups -OCH3 is 1. The van der Waals surface area contributed by atoms with Crippen LogP contribution in [0.25, 0.3) is 0 Å². The number of ether oxygens (including phenoxy) is 3. The van der Waals surface area contributed by atoms with Crippen LogP contribution in [-0.2, 0) is 14.0 Å². The Morgan fingerprint density at radius 1 is 1.14 bits per heavy atom. The molecule has 22 heavy (non-hydrogen) atoms. The molecule has 1 saturated heterocycles. The maximum atomic E-state index is 12.0. The third kappa shape index (κ3) is 2.25. The van der Waals surface area contributed by atoms with Gasteiger partial charge in [-0.1, -0.05) is 0 Å². The zero-order valence-corrected chi connectivity index (χ0v) is 13.4. The van der Waals surface area contributed by atoms with Crippen LogP contribution in [0.5, 0.6) is 11.5 Å². The van der Waals surface area contributed by atoms with E-state index < -0.39 is 24.3 Å². The van der Waals surface area contributed by atoms with Crippen molar-refractivity contribution in [3.8, 4) is 11.5 Å². The molecule has 0 unspecified atom stereocenters. The molecule has 0 N–H and O–H groups in total. The van der Waals surface area contributed by atoms with Gasteiger partial charge >= 0.3 is 13.1 Å². The summed E-state index contributed by atoms with van der Waals surface area (Å²) < 4.78 is 27.6. The largest absolute Gasteiger partial charge is 0.494 e. The first kappa shape index (κ1) is 15.2. The predicted octanol–water partition coefficient (Wildman–Crippen LogP) is 1.50. The minimum atomic E-state index is -0.581. The Labute approximate surface area is 129 Å². The van der Waals surface area contributed by atoms with Gasteiger partial charge in [0.05, 0.1) is 18.3 Å². The monoisotopic (exact) mass is 306 g/mol. The third-order valence-corrected chi connectivity index (χ3v) is 4.43. The van der Waals surface area contributed by atoms with E-state index in [9.17, 15) is 4.79 Å². The molecule has 0 radical (unpaired) electrons. The van der Waals surface area contributed by atoms with Crippen molar-refractivity contribution in [2.24, 2.45) is 0 Å². The summed E-state index contributed by atoms with van der Waals surface area (Å²) in [7, 11) is 0.745. The van der Waals surface area contributed by atoms with Crippen molar-refractivity contribution >= 4 is 18.6 Å². The van der Waals surface area contributed by atoms with Crippen LogP contribution in [0.15, 0.2) is 12.1 Å². The fraction of sp³-hybridized carbons (Fsp3) is 0.533. The van der Waals surface area contributed by atoms with Crippen LogP contribution >= 0.6 is 0 Å². The quantitative estimate of drug-likeness (QED) is 0.609. The third-order valence-electron chi connectivity index (χ3n) is 4.43. The average Bonchev–Trinajstić information content (AvgIpc) is 2.99. The maximum absolute atomic E-state index is 12.0. The lowest BCUT2D eigenvalue weighted by atomic mass is 9.78. The molecular weight excluding hydrogens is 287 g/mol. The number of rotatable bonds is 2. The molecule has 0 amide bonds. The Balaban J connectivity index is 2.01. The van der Waals surface area contributed by atoms with Crippen LogP contribution in [0.1, 0.15) is 38.1 Å². The van der Waals surface area contributed by atoms with E-state index in [1.807, 2.05) is 27.7 Å². The van der Waals surface area contributed by atoms with Gasteiger partial charge in [0.1, 0.15) is 5.56 Å². The number of esters is 1. The van der Waals surface area contributed by atoms with Gasteiger partial charge in [0, 0.05) is 0 Å². The molecule has 118 valence electrons. The van der Waals surface area contributed by atoms with Crippen molar-refractivity contribution in [2.45, 2.75) is 38.9 Å². The van der Waals surface area contributed by atoms with Gasteiger partial charge in [-0.15, -0.1) is 0 Å². The van der Waals surface area contributed by atoms with Crippen LogP contribution in [0.2, 0.25) is 0 Å². The molecule has 3 rings (SSSR count). The lowest BCUT2D eigenvalue weighted by molar-refractivity contribution is 0.00578. The van der Waals surface area contributed by atoms with Crippen LogP contribution in [0.3, 0.4) is 0 Å². The minimum absolute atomic E-state index is 0.0755. The highest BCUT2D eigenvalue weighted by molar-refractivity contribution is 6.62. The van der Waals surface area contributed by atoms with Gasteiger partial charge in [-0.25, -0.2) is 4.79 Å². The van der Waals surface area contributed by atoms with Crippen LogP contribution in [-0.4, -0.2) is 38.2 Å². The molecule has 0 aromatic heterocycles. The molecule has 0 bridgehead atoms. The summed E-state index contributed by atoms with van der Waals surface area (Å²) in [5, 5.41) is 0. The van der Waals surface area contributed by atoms with Gasteiger partial charge in [-0.05, 0) is 45.3 Å². The SMILES string of the molecule is COC(=O)c1cc(B2OC(C)(C)C(C)(C)O2)cc2c1OCO2. The van der Waals surface area contributed by atoms with E-state index in [2.05, 4.69) is 0 Å². The van der Waals surface area contributed by atoms with E-state index in [1.54, 1.807) is 12.1 Å². The van der Waals surface area contributed by atoms with Crippen LogP contribution < -0.4 is 14.9 Å². The minimum Gasteiger partial charge on any atom is -0.465 e. The summed E-state index contributed by atoms with van der Waals surface area (Å²) in [6, 6.07) is 3.44. The predicted molar refractivity (Wildman–Crippen MR) is 79.6 cm³/mol. The van der Waals surface area contributed by atoms with Crippen molar-refractivity contribution in [3.63, 3.8) is 0 Å². The van der Waals surface area contributed by atoms with E-state index in [0.717, 1.165) is 0 Å². The highest BCUT2D eigenvalue weighted by Gasteiger charge is 2.52. The van der Waals surface area contributed by atoms with Crippen molar-refractivity contribution in [3.05, 3.63) is 17.7 Å². The Hall–Kier alpha value is -1.73. The molecule has 2 heterocycles. The second-order valence-electron chi connectivity index (χ2n) is 6.38. The van der Waals surface area contributed by atoms with Gasteiger partial charge in [0.15, 0.2) is 11.5 Å². The topological polar surface area (TPSA) is 63.2 Å². The van der Waals surface area contributed by atoms with Crippen molar-refractivity contribution in [1.29, 1.82) is 0 Å². The summed E-state index contributed by atoms with van der Waals surface area (Å²) in [5.74, 6) is 0.403. The lowest BCUT2D eigenvalue weighted by Crippen LogP contribution is -2.41. The second-order valence-corrected chi connectivity index (χ2v) is 6.38. The molecule has 0 atom stereocenters. The Kier molecular flexibility index (Phi) is 3.38. The standard InChI is InChI=1S/C15H19BO6/c1-14(2)15(3,4)22-16(21-14)9-6-10(13(17)18-5)12-11(7-9)19-8-20-12/h6-7H,8H2,1-5H3. The molecule has 2 aliphatic rings. The first-order chi connectivity index (χ1) is 10.2. The van der Waals surface area contributed by atoms with Crippen LogP contribution in [0.4, 0.5) is 0 Å². The molecule has 2 aliphatic heterocycles. The van der Waals surface area contributed by atoms with Gasteiger partial charge < -0.3 is 23.5 Å². The molecule has 1 aromatic carbocycles. The first-order valence-electron chi connectivity index (χ1n) is 7.13. The lowest BCUT2D eigenvalue weighted by Gasteiger charge is -2.32. The van der Waals surface area contributed by atoms with Gasteiger partial charge in [-0.3, -0.25) is 0 Å². The number of carbonyl (C=O) groups excluding carboxylic acids is 1. The number of fused-ring (bicyclic) bond motifs is 1. The fourth-order valence-electron chi connectivity index (χ4n) is 2.41. The number of hydrogen-bond donors (Lipinski definition) is 0. The van der Waals surface area contributed by atoms with E-state index >= 15 is 0 Å². The average molecular weight is 306 g/mol. The summed E-state index contributed by atoms with van der Waals surface area (Å²) >= 11 is 0. The summed E-state index contributed by atoms with van der Waals surface area (Å²) in [4.78, 5) is 12.0. The van der Waals surface area contributed by atoms with Gasteiger partial charge in [-0.2, -0.15) is 0 Å². The number of carbonyl (C=O) groups is 1. The molecular formula is C15H19BO6. The molecule has 0 aliphatic carbocycles. The second kappa shape index (κ2) is 4.89. The van der Waals surface area contributed by atoms with Gasteiger partial charge in [0.25, 0.3) is 0 Å². The summed E-state index contributed by atoms with van der Waals surface area (Å²) in [5.41, 5.74) is 0.0874. The van der Waals surface area contributed by atoms with Gasteiger partial charge in [0.2, 0.25) is 6.79 Å². The molecule has 6 nitrogen and oxygen atoms in total. The van der Waals surface area contributed by atoms with E-state index in [4.69, 9.17) is 23.5 Å². The molecule has 7 heteroatoms. The molecule has 1 aromatic rings. The first-order valence-corrected chi connectivity index (χ1v) is 7.13. The van der Waals surface area contributed by atoms with E-state index in [-0.39, 0.29) is 6.79 Å². The van der Waals surface area contributed by atoms with Crippen molar-refractivity contribution in [1.82, 2.24) is 0 Å². The zero-order valence-electron chi connectivity index (χ0n) is 13.4. The van der Waals surface area contributed by atoms with E-state index in [0.29, 0.717) is 22.5 Å². The highest BCUT2D eigenvalue weighted by Crippen LogP contribution is 2.39. The highest BCUT2D eigenvalue weighted by atomic mass is 16.7. The smallest absolute Gasteiger partial charge is 0.465 e. The zero-order chi connectivity index (χ0) is 16.1. The molecule has 1 fully saturated rings.